The number of aliphatic hydroxyl groups excluding tert-OH is 2. The molecule has 1 heterocycles. The highest BCUT2D eigenvalue weighted by molar-refractivity contribution is 7.85. The second-order valence-corrected chi connectivity index (χ2v) is 7.61. The van der Waals surface area contributed by atoms with Crippen LogP contribution in [-0.4, -0.2) is 76.7 Å². The zero-order valence-corrected chi connectivity index (χ0v) is 16.5. The highest BCUT2D eigenvalue weighted by Gasteiger charge is 2.14. The molecule has 0 unspecified atom stereocenters. The number of nitrogens with one attached hydrogen (secondary N) is 2. The second-order valence-electron chi connectivity index (χ2n) is 6.03. The van der Waals surface area contributed by atoms with Crippen molar-refractivity contribution in [1.82, 2.24) is 15.0 Å². The number of nitrogens with two attached hydrogens (primary N) is 1. The van der Waals surface area contributed by atoms with Gasteiger partial charge in [0, 0.05) is 31.0 Å². The van der Waals surface area contributed by atoms with Crippen LogP contribution in [0.4, 0.5) is 29.2 Å². The molecule has 1 aromatic carbocycles. The van der Waals surface area contributed by atoms with Gasteiger partial charge in [0.1, 0.15) is 0 Å². The fourth-order valence-corrected chi connectivity index (χ4v) is 2.90. The van der Waals surface area contributed by atoms with Crippen LogP contribution < -0.4 is 21.3 Å². The number of hydrogen-bond acceptors (Lipinski definition) is 11. The molecular weight excluding hydrogens is 402 g/mol. The number of nitrogen functional groups attached to an aromatic ring is 1. The first kappa shape index (κ1) is 22.5. The Morgan fingerprint density at radius 3 is 2.38 bits per heavy atom. The lowest BCUT2D eigenvalue weighted by atomic mass is 10.3. The standard InChI is InChI=1S/C16H25N7O5S/c17-12-3-1-4-13(11-12)19-15-20-14(18-5-2-10-29(26,27)28)21-16(22-15)23(6-8-24)7-9-25/h1,3-4,11,24-25H,2,5-10,17H2,(H,26,27,28)(H2,18,19,20,21,22). The molecule has 0 radical (unpaired) electrons. The third kappa shape index (κ3) is 8.03. The van der Waals surface area contributed by atoms with Crippen molar-refractivity contribution in [3.63, 3.8) is 0 Å². The van der Waals surface area contributed by atoms with Gasteiger partial charge in [0.05, 0.1) is 19.0 Å². The number of rotatable bonds is 12. The summed E-state index contributed by atoms with van der Waals surface area (Å²) in [6.45, 7) is 0.261. The lowest BCUT2D eigenvalue weighted by Gasteiger charge is -2.21. The zero-order chi connectivity index (χ0) is 21.3. The first-order valence-electron chi connectivity index (χ1n) is 8.85. The van der Waals surface area contributed by atoms with E-state index in [1.165, 1.54) is 0 Å². The molecule has 29 heavy (non-hydrogen) atoms. The average molecular weight is 427 g/mol. The van der Waals surface area contributed by atoms with Crippen molar-refractivity contribution in [3.8, 4) is 0 Å². The van der Waals surface area contributed by atoms with Crippen LogP contribution in [0.5, 0.6) is 0 Å². The summed E-state index contributed by atoms with van der Waals surface area (Å²) in [5.41, 5.74) is 6.98. The van der Waals surface area contributed by atoms with E-state index in [1.807, 2.05) is 0 Å². The maximum atomic E-state index is 10.8. The van der Waals surface area contributed by atoms with E-state index in [9.17, 15) is 18.6 Å². The Morgan fingerprint density at radius 1 is 1.07 bits per heavy atom. The molecule has 0 bridgehead atoms. The number of hydrogen-bond donors (Lipinski definition) is 6. The van der Waals surface area contributed by atoms with Crippen LogP contribution in [0.15, 0.2) is 24.3 Å². The topological polar surface area (TPSA) is 187 Å². The van der Waals surface area contributed by atoms with E-state index in [0.29, 0.717) is 11.4 Å². The van der Waals surface area contributed by atoms with Crippen molar-refractivity contribution in [2.75, 3.05) is 59.9 Å². The summed E-state index contributed by atoms with van der Waals surface area (Å²) < 4.78 is 30.5. The Bertz CT molecular complexity index is 891. The van der Waals surface area contributed by atoms with Crippen LogP contribution in [-0.2, 0) is 10.1 Å². The quantitative estimate of drug-likeness (QED) is 0.147. The zero-order valence-electron chi connectivity index (χ0n) is 15.7. The van der Waals surface area contributed by atoms with E-state index in [-0.39, 0.29) is 57.1 Å². The fourth-order valence-electron chi connectivity index (χ4n) is 2.39. The molecule has 0 fully saturated rings. The highest BCUT2D eigenvalue weighted by atomic mass is 32.2. The second kappa shape index (κ2) is 10.7. The Labute approximate surface area is 168 Å². The molecule has 0 atom stereocenters. The van der Waals surface area contributed by atoms with Crippen LogP contribution >= 0.6 is 0 Å². The predicted octanol–water partition coefficient (Wildman–Crippen LogP) is -0.322. The van der Waals surface area contributed by atoms with Crippen molar-refractivity contribution in [2.24, 2.45) is 0 Å². The van der Waals surface area contributed by atoms with Crippen LogP contribution in [0, 0.1) is 0 Å². The van der Waals surface area contributed by atoms with Crippen molar-refractivity contribution >= 4 is 39.3 Å². The summed E-state index contributed by atoms with van der Waals surface area (Å²) in [5.74, 6) is 0.177. The number of anilines is 5. The van der Waals surface area contributed by atoms with Gasteiger partial charge in [-0.2, -0.15) is 23.4 Å². The van der Waals surface area contributed by atoms with Gasteiger partial charge in [-0.15, -0.1) is 0 Å². The first-order chi connectivity index (χ1) is 13.8. The maximum absolute atomic E-state index is 10.8. The molecule has 160 valence electrons. The van der Waals surface area contributed by atoms with Gasteiger partial charge in [-0.1, -0.05) is 6.07 Å². The minimum atomic E-state index is -4.05. The molecular formula is C16H25N7O5S. The Balaban J connectivity index is 2.24. The van der Waals surface area contributed by atoms with E-state index in [2.05, 4.69) is 25.6 Å². The van der Waals surface area contributed by atoms with Gasteiger partial charge in [0.25, 0.3) is 10.1 Å². The molecule has 2 rings (SSSR count). The molecule has 0 amide bonds. The largest absolute Gasteiger partial charge is 0.399 e. The van der Waals surface area contributed by atoms with Gasteiger partial charge in [-0.25, -0.2) is 0 Å². The van der Waals surface area contributed by atoms with Crippen LogP contribution in [0.2, 0.25) is 0 Å². The Kier molecular flexibility index (Phi) is 8.33. The molecule has 0 saturated heterocycles. The van der Waals surface area contributed by atoms with Crippen molar-refractivity contribution in [2.45, 2.75) is 6.42 Å². The van der Waals surface area contributed by atoms with E-state index in [4.69, 9.17) is 10.3 Å². The monoisotopic (exact) mass is 427 g/mol. The first-order valence-corrected chi connectivity index (χ1v) is 10.5. The maximum Gasteiger partial charge on any atom is 0.264 e. The summed E-state index contributed by atoms with van der Waals surface area (Å²) in [6, 6.07) is 6.97. The minimum Gasteiger partial charge on any atom is -0.399 e. The van der Waals surface area contributed by atoms with Gasteiger partial charge < -0.3 is 31.5 Å². The van der Waals surface area contributed by atoms with E-state index >= 15 is 0 Å². The summed E-state index contributed by atoms with van der Waals surface area (Å²) in [6.07, 6.45) is 0.148. The lowest BCUT2D eigenvalue weighted by Crippen LogP contribution is -2.32. The van der Waals surface area contributed by atoms with Gasteiger partial charge in [-0.05, 0) is 24.6 Å². The average Bonchev–Trinajstić information content (AvgIpc) is 2.64. The third-order valence-corrected chi connectivity index (χ3v) is 4.46. The summed E-state index contributed by atoms with van der Waals surface area (Å²) in [5, 5.41) is 24.4. The summed E-state index contributed by atoms with van der Waals surface area (Å²) in [7, 11) is -4.05. The Morgan fingerprint density at radius 2 is 1.76 bits per heavy atom. The minimum absolute atomic E-state index is 0.148. The lowest BCUT2D eigenvalue weighted by molar-refractivity contribution is 0.280. The number of aromatic nitrogens is 3. The molecule has 1 aromatic heterocycles. The SMILES string of the molecule is Nc1cccc(Nc2nc(NCCCS(=O)(=O)O)nc(N(CCO)CCO)n2)c1. The molecule has 0 spiro atoms. The van der Waals surface area contributed by atoms with Gasteiger partial charge >= 0.3 is 0 Å². The molecule has 0 saturated carbocycles. The molecule has 0 aliphatic rings. The number of benzene rings is 1. The molecule has 2 aromatic rings. The molecule has 0 aliphatic carbocycles. The van der Waals surface area contributed by atoms with E-state index < -0.39 is 15.9 Å². The summed E-state index contributed by atoms with van der Waals surface area (Å²) in [4.78, 5) is 14.4. The van der Waals surface area contributed by atoms with Gasteiger partial charge in [0.15, 0.2) is 0 Å². The van der Waals surface area contributed by atoms with Crippen molar-refractivity contribution in [3.05, 3.63) is 24.3 Å². The van der Waals surface area contributed by atoms with Crippen molar-refractivity contribution < 1.29 is 23.2 Å². The van der Waals surface area contributed by atoms with E-state index in [1.54, 1.807) is 29.2 Å². The number of aliphatic hydroxyl groups is 2. The molecule has 0 aliphatic heterocycles. The molecule has 13 heteroatoms. The van der Waals surface area contributed by atoms with Crippen LogP contribution in [0.1, 0.15) is 6.42 Å². The normalized spacial score (nSPS) is 11.3. The van der Waals surface area contributed by atoms with E-state index in [0.717, 1.165) is 0 Å². The smallest absolute Gasteiger partial charge is 0.264 e. The van der Waals surface area contributed by atoms with Crippen LogP contribution in [0.25, 0.3) is 0 Å². The fraction of sp³-hybridized carbons (Fsp3) is 0.438. The highest BCUT2D eigenvalue weighted by Crippen LogP contribution is 2.19. The van der Waals surface area contributed by atoms with Gasteiger partial charge in [-0.3, -0.25) is 4.55 Å². The molecule has 7 N–H and O–H groups in total. The molecule has 12 nitrogen and oxygen atoms in total. The third-order valence-electron chi connectivity index (χ3n) is 3.65. The Hall–Kier alpha value is -2.74. The number of nitrogens with zero attached hydrogens (tertiary/aromatic N) is 4. The van der Waals surface area contributed by atoms with Crippen LogP contribution in [0.3, 0.4) is 0 Å². The predicted molar refractivity (Wildman–Crippen MR) is 110 cm³/mol. The van der Waals surface area contributed by atoms with Gasteiger partial charge in [0.2, 0.25) is 17.8 Å². The summed E-state index contributed by atoms with van der Waals surface area (Å²) >= 11 is 0. The van der Waals surface area contributed by atoms with Crippen molar-refractivity contribution in [1.29, 1.82) is 0 Å².